The van der Waals surface area contributed by atoms with Crippen LogP contribution in [0.5, 0.6) is 5.75 Å². The maximum absolute atomic E-state index is 12.6. The van der Waals surface area contributed by atoms with Gasteiger partial charge in [-0.15, -0.1) is 0 Å². The van der Waals surface area contributed by atoms with Gasteiger partial charge >= 0.3 is 0 Å². The number of pyridine rings is 1. The third kappa shape index (κ3) is 4.30. The fraction of sp³-hybridized carbons (Fsp3) is 0.318. The van der Waals surface area contributed by atoms with Crippen LogP contribution in [-0.2, 0) is 6.54 Å². The maximum Gasteiger partial charge on any atom is 0.254 e. The van der Waals surface area contributed by atoms with Crippen molar-refractivity contribution in [3.05, 3.63) is 65.8 Å². The van der Waals surface area contributed by atoms with Gasteiger partial charge in [0.05, 0.1) is 12.8 Å². The summed E-state index contributed by atoms with van der Waals surface area (Å²) in [5, 5.41) is 0. The molecule has 0 aliphatic carbocycles. The van der Waals surface area contributed by atoms with Crippen molar-refractivity contribution >= 4 is 5.91 Å². The van der Waals surface area contributed by atoms with Crippen LogP contribution in [0.4, 0.5) is 0 Å². The number of benzene rings is 1. The zero-order chi connectivity index (χ0) is 20.2. The van der Waals surface area contributed by atoms with Crippen LogP contribution in [0.2, 0.25) is 0 Å². The minimum Gasteiger partial charge on any atom is -0.497 e. The first-order valence-corrected chi connectivity index (χ1v) is 9.66. The summed E-state index contributed by atoms with van der Waals surface area (Å²) in [6.07, 6.45) is 3.30. The fourth-order valence-corrected chi connectivity index (χ4v) is 3.43. The Morgan fingerprint density at radius 2 is 1.76 bits per heavy atom. The van der Waals surface area contributed by atoms with Crippen LogP contribution in [0.1, 0.15) is 21.8 Å². The first-order valence-electron chi connectivity index (χ1n) is 9.66. The van der Waals surface area contributed by atoms with Crippen LogP contribution in [0.3, 0.4) is 0 Å². The average Bonchev–Trinajstić information content (AvgIpc) is 3.14. The number of piperazine rings is 1. The van der Waals surface area contributed by atoms with Gasteiger partial charge in [0.2, 0.25) is 5.89 Å². The van der Waals surface area contributed by atoms with Crippen molar-refractivity contribution in [2.24, 2.45) is 0 Å². The van der Waals surface area contributed by atoms with Gasteiger partial charge in [0.1, 0.15) is 11.5 Å². The number of ether oxygens (including phenoxy) is 1. The molecule has 1 aromatic carbocycles. The van der Waals surface area contributed by atoms with Gasteiger partial charge in [-0.25, -0.2) is 4.98 Å². The summed E-state index contributed by atoms with van der Waals surface area (Å²) < 4.78 is 11.1. The molecule has 0 unspecified atom stereocenters. The van der Waals surface area contributed by atoms with E-state index in [4.69, 9.17) is 14.1 Å². The highest BCUT2D eigenvalue weighted by atomic mass is 16.5. The van der Waals surface area contributed by atoms with E-state index in [2.05, 4.69) is 9.88 Å². The van der Waals surface area contributed by atoms with E-state index in [1.165, 1.54) is 0 Å². The second-order valence-electron chi connectivity index (χ2n) is 7.05. The van der Waals surface area contributed by atoms with Crippen LogP contribution in [0.25, 0.3) is 11.5 Å². The number of aryl methyl sites for hydroxylation is 1. The molecule has 0 radical (unpaired) electrons. The molecule has 150 valence electrons. The summed E-state index contributed by atoms with van der Waals surface area (Å²) in [7, 11) is 1.65. The number of amides is 1. The van der Waals surface area contributed by atoms with E-state index in [9.17, 15) is 4.79 Å². The molecule has 0 atom stereocenters. The van der Waals surface area contributed by atoms with E-state index in [0.717, 1.165) is 35.9 Å². The topological polar surface area (TPSA) is 71.7 Å². The minimum absolute atomic E-state index is 0.0615. The minimum atomic E-state index is 0.0615. The second-order valence-corrected chi connectivity index (χ2v) is 7.05. The van der Waals surface area contributed by atoms with E-state index in [-0.39, 0.29) is 5.91 Å². The van der Waals surface area contributed by atoms with Crippen LogP contribution >= 0.6 is 0 Å². The number of hydrogen-bond donors (Lipinski definition) is 0. The van der Waals surface area contributed by atoms with Crippen LogP contribution < -0.4 is 4.74 Å². The number of carbonyl (C=O) groups is 1. The molecule has 2 aromatic heterocycles. The Labute approximate surface area is 169 Å². The van der Waals surface area contributed by atoms with Crippen molar-refractivity contribution in [3.8, 4) is 17.2 Å². The molecular weight excluding hydrogens is 368 g/mol. The summed E-state index contributed by atoms with van der Waals surface area (Å²) in [6, 6.07) is 11.2. The first kappa shape index (κ1) is 19.1. The Morgan fingerprint density at radius 1 is 1.07 bits per heavy atom. The zero-order valence-electron chi connectivity index (χ0n) is 16.7. The van der Waals surface area contributed by atoms with Crippen molar-refractivity contribution in [1.29, 1.82) is 0 Å². The summed E-state index contributed by atoms with van der Waals surface area (Å²) in [4.78, 5) is 25.4. The van der Waals surface area contributed by atoms with Crippen molar-refractivity contribution < 1.29 is 13.9 Å². The summed E-state index contributed by atoms with van der Waals surface area (Å²) >= 11 is 0. The van der Waals surface area contributed by atoms with Crippen molar-refractivity contribution in [2.75, 3.05) is 33.3 Å². The molecule has 0 spiro atoms. The molecule has 1 amide bonds. The first-order chi connectivity index (χ1) is 14.1. The SMILES string of the molecule is COc1ccc(-c2nc(CN3CCN(C(=O)c4ccncc4)CC3)c(C)o2)cc1. The molecule has 3 heterocycles. The second kappa shape index (κ2) is 8.45. The Balaban J connectivity index is 1.37. The molecule has 4 rings (SSSR count). The lowest BCUT2D eigenvalue weighted by atomic mass is 10.2. The molecule has 1 aliphatic heterocycles. The van der Waals surface area contributed by atoms with Gasteiger partial charge in [0.15, 0.2) is 0 Å². The molecule has 29 heavy (non-hydrogen) atoms. The number of nitrogens with zero attached hydrogens (tertiary/aromatic N) is 4. The number of oxazole rings is 1. The van der Waals surface area contributed by atoms with Gasteiger partial charge < -0.3 is 14.1 Å². The fourth-order valence-electron chi connectivity index (χ4n) is 3.43. The molecule has 3 aromatic rings. The Kier molecular flexibility index (Phi) is 5.57. The predicted molar refractivity (Wildman–Crippen MR) is 109 cm³/mol. The van der Waals surface area contributed by atoms with E-state index in [0.29, 0.717) is 31.1 Å². The normalized spacial score (nSPS) is 14.8. The molecule has 0 N–H and O–H groups in total. The van der Waals surface area contributed by atoms with Gasteiger partial charge in [0.25, 0.3) is 5.91 Å². The number of hydrogen-bond acceptors (Lipinski definition) is 6. The van der Waals surface area contributed by atoms with Crippen LogP contribution in [-0.4, -0.2) is 59.0 Å². The maximum atomic E-state index is 12.6. The standard InChI is InChI=1S/C22H24N4O3/c1-16-20(24-21(29-16)17-3-5-19(28-2)6-4-17)15-25-11-13-26(14-12-25)22(27)18-7-9-23-10-8-18/h3-10H,11-15H2,1-2H3. The largest absolute Gasteiger partial charge is 0.497 e. The van der Waals surface area contributed by atoms with Crippen molar-refractivity contribution in [2.45, 2.75) is 13.5 Å². The van der Waals surface area contributed by atoms with Gasteiger partial charge in [-0.1, -0.05) is 0 Å². The van der Waals surface area contributed by atoms with E-state index < -0.39 is 0 Å². The Bertz CT molecular complexity index is 961. The highest BCUT2D eigenvalue weighted by molar-refractivity contribution is 5.94. The molecule has 1 saturated heterocycles. The van der Waals surface area contributed by atoms with Crippen LogP contribution in [0.15, 0.2) is 53.2 Å². The van der Waals surface area contributed by atoms with E-state index in [1.54, 1.807) is 31.6 Å². The van der Waals surface area contributed by atoms with Crippen molar-refractivity contribution in [1.82, 2.24) is 19.8 Å². The van der Waals surface area contributed by atoms with Gasteiger partial charge in [-0.2, -0.15) is 0 Å². The lowest BCUT2D eigenvalue weighted by Gasteiger charge is -2.34. The third-order valence-corrected chi connectivity index (χ3v) is 5.19. The average molecular weight is 392 g/mol. The number of aromatic nitrogens is 2. The Hall–Kier alpha value is -3.19. The van der Waals surface area contributed by atoms with Gasteiger partial charge in [-0.05, 0) is 43.3 Å². The molecule has 1 aliphatic rings. The molecule has 0 saturated carbocycles. The Morgan fingerprint density at radius 3 is 2.41 bits per heavy atom. The quantitative estimate of drug-likeness (QED) is 0.665. The monoisotopic (exact) mass is 392 g/mol. The summed E-state index contributed by atoms with van der Waals surface area (Å²) in [6.45, 7) is 5.66. The zero-order valence-corrected chi connectivity index (χ0v) is 16.7. The third-order valence-electron chi connectivity index (χ3n) is 5.19. The lowest BCUT2D eigenvalue weighted by Crippen LogP contribution is -2.48. The predicted octanol–water partition coefficient (Wildman–Crippen LogP) is 3.01. The highest BCUT2D eigenvalue weighted by Crippen LogP contribution is 2.25. The summed E-state index contributed by atoms with van der Waals surface area (Å²) in [5.41, 5.74) is 2.54. The van der Waals surface area contributed by atoms with E-state index in [1.807, 2.05) is 36.1 Å². The van der Waals surface area contributed by atoms with Crippen LogP contribution in [0, 0.1) is 6.92 Å². The smallest absolute Gasteiger partial charge is 0.254 e. The summed E-state index contributed by atoms with van der Waals surface area (Å²) in [5.74, 6) is 2.31. The van der Waals surface area contributed by atoms with E-state index >= 15 is 0 Å². The van der Waals surface area contributed by atoms with Crippen molar-refractivity contribution in [3.63, 3.8) is 0 Å². The molecule has 1 fully saturated rings. The molecule has 7 heteroatoms. The molecule has 0 bridgehead atoms. The molecule has 7 nitrogen and oxygen atoms in total. The number of methoxy groups -OCH3 is 1. The van der Waals surface area contributed by atoms with Gasteiger partial charge in [-0.3, -0.25) is 14.7 Å². The lowest BCUT2D eigenvalue weighted by molar-refractivity contribution is 0.0626. The molecular formula is C22H24N4O3. The number of rotatable bonds is 5. The number of carbonyl (C=O) groups excluding carboxylic acids is 1. The van der Waals surface area contributed by atoms with Gasteiger partial charge in [0, 0.05) is 56.2 Å². The highest BCUT2D eigenvalue weighted by Gasteiger charge is 2.23.